The lowest BCUT2D eigenvalue weighted by Crippen LogP contribution is -2.30. The summed E-state index contributed by atoms with van der Waals surface area (Å²) in [5.41, 5.74) is 0. The maximum atomic E-state index is 11.6. The number of ether oxygens (including phenoxy) is 2. The van der Waals surface area contributed by atoms with Crippen LogP contribution in [0.4, 0.5) is 9.59 Å². The van der Waals surface area contributed by atoms with Gasteiger partial charge in [-0.2, -0.15) is 0 Å². The highest BCUT2D eigenvalue weighted by Crippen LogP contribution is 2.21. The quantitative estimate of drug-likeness (QED) is 0.248. The Morgan fingerprint density at radius 1 is 1.25 bits per heavy atom. The molecule has 0 aliphatic carbocycles. The van der Waals surface area contributed by atoms with Crippen molar-refractivity contribution < 1.29 is 34.1 Å². The van der Waals surface area contributed by atoms with Gasteiger partial charge in [0.1, 0.15) is 5.90 Å². The van der Waals surface area contributed by atoms with Crippen LogP contribution in [0.2, 0.25) is 25.7 Å². The van der Waals surface area contributed by atoms with Gasteiger partial charge in [-0.05, 0) is 6.42 Å². The van der Waals surface area contributed by atoms with E-state index in [2.05, 4.69) is 29.1 Å². The van der Waals surface area contributed by atoms with Gasteiger partial charge in [-0.25, -0.2) is 4.79 Å². The second-order valence-electron chi connectivity index (χ2n) is 5.46. The maximum absolute atomic E-state index is 11.6. The van der Waals surface area contributed by atoms with Crippen LogP contribution in [0, 0.1) is 11.3 Å². The van der Waals surface area contributed by atoms with E-state index in [0.717, 1.165) is 0 Å². The zero-order valence-electron chi connectivity index (χ0n) is 11.6. The van der Waals surface area contributed by atoms with Crippen molar-refractivity contribution in [2.24, 2.45) is 5.92 Å². The van der Waals surface area contributed by atoms with Crippen LogP contribution >= 0.6 is 0 Å². The lowest BCUT2D eigenvalue weighted by atomic mass is 10.0. The molecule has 0 saturated carbocycles. The van der Waals surface area contributed by atoms with E-state index in [4.69, 9.17) is 10.5 Å². The Kier molecular flexibility index (Phi) is 6.90. The summed E-state index contributed by atoms with van der Waals surface area (Å²) in [6.45, 7) is 6.20. The number of carboxylic acid groups (broad SMARTS) is 2. The first-order valence-electron chi connectivity index (χ1n) is 5.92. The lowest BCUT2D eigenvalue weighted by molar-refractivity contribution is -0.273. The highest BCUT2D eigenvalue weighted by Gasteiger charge is 2.26. The minimum atomic E-state index is -1.90. The van der Waals surface area contributed by atoms with Crippen molar-refractivity contribution in [2.45, 2.75) is 38.5 Å². The van der Waals surface area contributed by atoms with Gasteiger partial charge in [-0.15, -0.1) is 0 Å². The van der Waals surface area contributed by atoms with Crippen molar-refractivity contribution in [3.05, 3.63) is 0 Å². The number of hydrogen-bond donors (Lipinski definition) is 2. The van der Waals surface area contributed by atoms with E-state index >= 15 is 0 Å². The standard InChI is InChI=1S/C11H19NO7Si/c1-20(2,3)5-4-7(9(13)19-11(16)17)6-8(12)18-10(14)15/h7,12H,4-6H2,1-3H3,(H,14,15)(H,16,17)/p-1. The second-order valence-corrected chi connectivity index (χ2v) is 11.1. The molecule has 2 N–H and O–H groups in total. The molecule has 0 spiro atoms. The Morgan fingerprint density at radius 2 is 1.80 bits per heavy atom. The van der Waals surface area contributed by atoms with Gasteiger partial charge in [-0.3, -0.25) is 10.2 Å². The summed E-state index contributed by atoms with van der Waals surface area (Å²) >= 11 is 0. The van der Waals surface area contributed by atoms with Crippen LogP contribution in [-0.4, -0.2) is 37.4 Å². The fourth-order valence-corrected chi connectivity index (χ4v) is 2.66. The normalized spacial score (nSPS) is 12.3. The van der Waals surface area contributed by atoms with Crippen LogP contribution in [-0.2, 0) is 14.3 Å². The number of carbonyl (C=O) groups is 3. The number of esters is 1. The van der Waals surface area contributed by atoms with Gasteiger partial charge in [0, 0.05) is 14.5 Å². The molecule has 8 nitrogen and oxygen atoms in total. The predicted molar refractivity (Wildman–Crippen MR) is 69.2 cm³/mol. The van der Waals surface area contributed by atoms with E-state index in [0.29, 0.717) is 12.5 Å². The fraction of sp³-hybridized carbons (Fsp3) is 0.636. The molecular weight excluding hydrogens is 286 g/mol. The predicted octanol–water partition coefficient (Wildman–Crippen LogP) is 1.28. The molecule has 0 aromatic rings. The van der Waals surface area contributed by atoms with Gasteiger partial charge in [-0.1, -0.05) is 25.7 Å². The van der Waals surface area contributed by atoms with Crippen LogP contribution in [0.3, 0.4) is 0 Å². The number of rotatable bonds is 6. The Balaban J connectivity index is 4.69. The number of nitrogens with one attached hydrogen (secondary N) is 1. The van der Waals surface area contributed by atoms with E-state index in [1.165, 1.54) is 0 Å². The molecule has 1 unspecified atom stereocenters. The van der Waals surface area contributed by atoms with Crippen LogP contribution in [0.1, 0.15) is 12.8 Å². The summed E-state index contributed by atoms with van der Waals surface area (Å²) in [6.07, 6.45) is -3.67. The number of hydrogen-bond acceptors (Lipinski definition) is 7. The molecule has 1 atom stereocenters. The fourth-order valence-electron chi connectivity index (χ4n) is 1.45. The first-order chi connectivity index (χ1) is 9.01. The highest BCUT2D eigenvalue weighted by molar-refractivity contribution is 6.76. The first kappa shape index (κ1) is 18.1. The van der Waals surface area contributed by atoms with Crippen molar-refractivity contribution in [1.82, 2.24) is 0 Å². The van der Waals surface area contributed by atoms with E-state index in [9.17, 15) is 19.5 Å². The molecule has 0 aliphatic heterocycles. The smallest absolute Gasteiger partial charge is 0.501 e. The summed E-state index contributed by atoms with van der Waals surface area (Å²) in [5, 5.41) is 25.9. The molecule has 114 valence electrons. The molecule has 0 bridgehead atoms. The van der Waals surface area contributed by atoms with Crippen LogP contribution in [0.15, 0.2) is 0 Å². The Hall–Kier alpha value is -1.90. The lowest BCUT2D eigenvalue weighted by Gasteiger charge is -2.21. The molecule has 0 aromatic carbocycles. The zero-order chi connectivity index (χ0) is 15.9. The van der Waals surface area contributed by atoms with E-state index in [-0.39, 0.29) is 6.42 Å². The SMILES string of the molecule is C[Si](C)(C)CCC(CC(=N)OC(=O)[O-])C(=O)OC(=O)O. The third-order valence-corrected chi connectivity index (χ3v) is 4.19. The molecule has 0 saturated heterocycles. The van der Waals surface area contributed by atoms with Gasteiger partial charge in [0.15, 0.2) is 0 Å². The van der Waals surface area contributed by atoms with Crippen molar-refractivity contribution in [3.63, 3.8) is 0 Å². The molecular formula is C11H18NO7Si-. The van der Waals surface area contributed by atoms with Gasteiger partial charge in [0.25, 0.3) is 6.16 Å². The second kappa shape index (κ2) is 7.63. The minimum absolute atomic E-state index is 0.306. The Labute approximate surface area is 117 Å². The molecule has 0 aromatic heterocycles. The molecule has 0 fully saturated rings. The molecule has 0 amide bonds. The molecule has 0 radical (unpaired) electrons. The van der Waals surface area contributed by atoms with Gasteiger partial charge in [0.2, 0.25) is 0 Å². The average Bonchev–Trinajstić information content (AvgIpc) is 2.20. The summed E-state index contributed by atoms with van der Waals surface area (Å²) in [6, 6.07) is 0.699. The molecule has 0 heterocycles. The first-order valence-corrected chi connectivity index (χ1v) is 9.63. The summed E-state index contributed by atoms with van der Waals surface area (Å²) in [4.78, 5) is 32.1. The summed E-state index contributed by atoms with van der Waals surface area (Å²) in [7, 11) is -1.48. The van der Waals surface area contributed by atoms with Crippen LogP contribution in [0.25, 0.3) is 0 Å². The minimum Gasteiger partial charge on any atom is -0.501 e. The molecule has 9 heteroatoms. The third kappa shape index (κ3) is 9.08. The third-order valence-electron chi connectivity index (χ3n) is 2.40. The van der Waals surface area contributed by atoms with E-state index in [1.54, 1.807) is 0 Å². The largest absolute Gasteiger partial charge is 0.513 e. The van der Waals surface area contributed by atoms with E-state index in [1.807, 2.05) is 0 Å². The van der Waals surface area contributed by atoms with E-state index < -0.39 is 38.2 Å². The van der Waals surface area contributed by atoms with Crippen LogP contribution in [0.5, 0.6) is 0 Å². The monoisotopic (exact) mass is 304 g/mol. The molecule has 20 heavy (non-hydrogen) atoms. The Morgan fingerprint density at radius 3 is 2.20 bits per heavy atom. The molecule has 0 rings (SSSR count). The van der Waals surface area contributed by atoms with Crippen molar-refractivity contribution in [1.29, 1.82) is 5.41 Å². The Bertz CT molecular complexity index is 402. The van der Waals surface area contributed by atoms with Crippen molar-refractivity contribution >= 4 is 32.3 Å². The van der Waals surface area contributed by atoms with Crippen LogP contribution < -0.4 is 5.11 Å². The highest BCUT2D eigenvalue weighted by atomic mass is 28.3. The van der Waals surface area contributed by atoms with Crippen molar-refractivity contribution in [3.8, 4) is 0 Å². The average molecular weight is 304 g/mol. The van der Waals surface area contributed by atoms with Crippen molar-refractivity contribution in [2.75, 3.05) is 0 Å². The maximum Gasteiger partial charge on any atom is 0.513 e. The molecule has 0 aliphatic rings. The zero-order valence-corrected chi connectivity index (χ0v) is 12.6. The summed E-state index contributed by atoms with van der Waals surface area (Å²) in [5.74, 6) is -2.61. The van der Waals surface area contributed by atoms with Gasteiger partial charge >= 0.3 is 12.1 Å². The van der Waals surface area contributed by atoms with Gasteiger partial charge in [0.05, 0.1) is 5.92 Å². The number of carbonyl (C=O) groups excluding carboxylic acids is 2. The topological polar surface area (TPSA) is 137 Å². The van der Waals surface area contributed by atoms with Gasteiger partial charge < -0.3 is 24.5 Å². The summed E-state index contributed by atoms with van der Waals surface area (Å²) < 4.78 is 8.07.